The number of aliphatic hydroxyl groups is 2. The molecule has 3 rings (SSSR count). The van der Waals surface area contributed by atoms with Gasteiger partial charge in [0.1, 0.15) is 5.69 Å². The van der Waals surface area contributed by atoms with E-state index in [1.54, 1.807) is 6.92 Å². The van der Waals surface area contributed by atoms with Gasteiger partial charge in [-0.2, -0.15) is 18.3 Å². The molecule has 9 heteroatoms. The maximum Gasteiger partial charge on any atom is 0.417 e. The molecule has 0 saturated heterocycles. The highest BCUT2D eigenvalue weighted by atomic mass is 79.9. The quantitative estimate of drug-likeness (QED) is 0.645. The Balaban J connectivity index is 2.32. The van der Waals surface area contributed by atoms with E-state index in [0.29, 0.717) is 10.2 Å². The minimum absolute atomic E-state index is 0.00274. The predicted octanol–water partition coefficient (Wildman–Crippen LogP) is 3.47. The van der Waals surface area contributed by atoms with E-state index in [1.807, 2.05) is 0 Å². The van der Waals surface area contributed by atoms with Crippen molar-refractivity contribution in [2.24, 2.45) is 0 Å². The van der Waals surface area contributed by atoms with Crippen LogP contribution in [0, 0.1) is 6.92 Å². The number of aliphatic hydroxyl groups excluding tert-OH is 1. The monoisotopic (exact) mass is 401 g/mol. The van der Waals surface area contributed by atoms with E-state index >= 15 is 0 Å². The van der Waals surface area contributed by atoms with Gasteiger partial charge in [-0.25, -0.2) is 9.50 Å². The van der Waals surface area contributed by atoms with Crippen LogP contribution in [-0.4, -0.2) is 24.8 Å². The summed E-state index contributed by atoms with van der Waals surface area (Å²) in [5.74, 6) is 0. The largest absolute Gasteiger partial charge is 0.417 e. The normalized spacial score (nSPS) is 12.3. The van der Waals surface area contributed by atoms with Gasteiger partial charge in [-0.05, 0) is 35.0 Å². The minimum atomic E-state index is -4.54. The maximum absolute atomic E-state index is 13.2. The third-order valence-corrected chi connectivity index (χ3v) is 4.09. The molecule has 2 N–H and O–H groups in total. The number of fused-ring (bicyclic) bond motifs is 1. The first-order valence-electron chi connectivity index (χ1n) is 6.78. The molecule has 1 aromatic carbocycles. The number of benzene rings is 1. The zero-order chi connectivity index (χ0) is 17.6. The maximum atomic E-state index is 13.2. The predicted molar refractivity (Wildman–Crippen MR) is 83.0 cm³/mol. The van der Waals surface area contributed by atoms with Gasteiger partial charge in [0.25, 0.3) is 0 Å². The Morgan fingerprint density at radius 1 is 1.21 bits per heavy atom. The van der Waals surface area contributed by atoms with Crippen molar-refractivity contribution in [3.05, 3.63) is 51.8 Å². The average molecular weight is 402 g/mol. The number of nitrogens with zero attached hydrogens (tertiary/aromatic N) is 3. The van der Waals surface area contributed by atoms with Crippen LogP contribution in [0.15, 0.2) is 34.8 Å². The lowest BCUT2D eigenvalue weighted by molar-refractivity contribution is -0.137. The number of aromatic nitrogens is 3. The van der Waals surface area contributed by atoms with Gasteiger partial charge in [0.05, 0.1) is 21.4 Å². The van der Waals surface area contributed by atoms with Gasteiger partial charge in [-0.15, -0.1) is 0 Å². The van der Waals surface area contributed by atoms with Gasteiger partial charge in [-0.1, -0.05) is 18.2 Å². The van der Waals surface area contributed by atoms with Crippen molar-refractivity contribution < 1.29 is 23.4 Å². The van der Waals surface area contributed by atoms with Crippen LogP contribution >= 0.6 is 15.9 Å². The minimum Gasteiger partial charge on any atom is -0.363 e. The van der Waals surface area contributed by atoms with Crippen LogP contribution in [0.25, 0.3) is 16.9 Å². The molecule has 0 saturated carbocycles. The van der Waals surface area contributed by atoms with Crippen LogP contribution in [0.5, 0.6) is 0 Å². The van der Waals surface area contributed by atoms with Crippen molar-refractivity contribution in [1.29, 1.82) is 0 Å². The van der Waals surface area contributed by atoms with Gasteiger partial charge in [0, 0.05) is 5.56 Å². The van der Waals surface area contributed by atoms with E-state index in [9.17, 15) is 23.4 Å². The molecule has 126 valence electrons. The molecule has 5 nitrogen and oxygen atoms in total. The molecular formula is C15H11BrF3N3O2. The molecule has 0 fully saturated rings. The standard InChI is InChI=1S/C15H11BrF3N3O2/c1-7-12(14(23)24)22-13(20-7)10(16)6-11(21-22)8-4-2-3-5-9(8)15(17,18)19/h2-6,14,23-24H,1H3. The van der Waals surface area contributed by atoms with E-state index in [2.05, 4.69) is 26.0 Å². The molecule has 0 amide bonds. The number of halogens is 4. The van der Waals surface area contributed by atoms with Gasteiger partial charge in [0.15, 0.2) is 11.9 Å². The van der Waals surface area contributed by atoms with E-state index in [4.69, 9.17) is 0 Å². The lowest BCUT2D eigenvalue weighted by Gasteiger charge is -2.13. The average Bonchev–Trinajstić information content (AvgIpc) is 2.83. The van der Waals surface area contributed by atoms with Crippen LogP contribution < -0.4 is 0 Å². The van der Waals surface area contributed by atoms with Crippen molar-refractivity contribution in [2.75, 3.05) is 0 Å². The van der Waals surface area contributed by atoms with Gasteiger partial charge >= 0.3 is 6.18 Å². The first kappa shape index (κ1) is 16.9. The Morgan fingerprint density at radius 3 is 2.50 bits per heavy atom. The van der Waals surface area contributed by atoms with E-state index < -0.39 is 18.0 Å². The highest BCUT2D eigenvalue weighted by Gasteiger charge is 2.34. The summed E-state index contributed by atoms with van der Waals surface area (Å²) in [6, 6.07) is 6.47. The van der Waals surface area contributed by atoms with Crippen LogP contribution in [0.1, 0.15) is 23.2 Å². The zero-order valence-electron chi connectivity index (χ0n) is 12.2. The van der Waals surface area contributed by atoms with Crippen molar-refractivity contribution in [3.63, 3.8) is 0 Å². The van der Waals surface area contributed by atoms with E-state index in [1.165, 1.54) is 24.3 Å². The summed E-state index contributed by atoms with van der Waals surface area (Å²) in [5.41, 5.74) is -0.314. The molecular weight excluding hydrogens is 391 g/mol. The van der Waals surface area contributed by atoms with Crippen molar-refractivity contribution in [1.82, 2.24) is 14.6 Å². The molecule has 0 bridgehead atoms. The molecule has 0 spiro atoms. The lowest BCUT2D eigenvalue weighted by atomic mass is 10.0. The fourth-order valence-electron chi connectivity index (χ4n) is 2.49. The van der Waals surface area contributed by atoms with Crippen molar-refractivity contribution >= 4 is 21.6 Å². The molecule has 0 radical (unpaired) electrons. The van der Waals surface area contributed by atoms with Crippen LogP contribution in [-0.2, 0) is 6.18 Å². The Kier molecular flexibility index (Phi) is 4.10. The Hall–Kier alpha value is -1.97. The fraction of sp³-hybridized carbons (Fsp3) is 0.200. The van der Waals surface area contributed by atoms with Gasteiger partial charge in [0.2, 0.25) is 0 Å². The number of hydrogen-bond donors (Lipinski definition) is 2. The molecule has 3 aromatic rings. The summed E-state index contributed by atoms with van der Waals surface area (Å²) >= 11 is 3.25. The third-order valence-electron chi connectivity index (χ3n) is 3.51. The van der Waals surface area contributed by atoms with Gasteiger partial charge in [-0.3, -0.25) is 0 Å². The smallest absolute Gasteiger partial charge is 0.363 e. The number of alkyl halides is 3. The van der Waals surface area contributed by atoms with Crippen LogP contribution in [0.2, 0.25) is 0 Å². The second-order valence-electron chi connectivity index (χ2n) is 5.11. The molecule has 0 atom stereocenters. The summed E-state index contributed by atoms with van der Waals surface area (Å²) in [6.07, 6.45) is -6.39. The van der Waals surface area contributed by atoms with Crippen molar-refractivity contribution in [2.45, 2.75) is 19.4 Å². The molecule has 2 aromatic heterocycles. The SMILES string of the molecule is Cc1nc2c(Br)cc(-c3ccccc3C(F)(F)F)nn2c1C(O)O. The first-order chi connectivity index (χ1) is 11.2. The summed E-state index contributed by atoms with van der Waals surface area (Å²) in [5, 5.41) is 23.1. The summed E-state index contributed by atoms with van der Waals surface area (Å²) in [7, 11) is 0. The second-order valence-corrected chi connectivity index (χ2v) is 5.97. The fourth-order valence-corrected chi connectivity index (χ4v) is 2.96. The number of imidazole rings is 1. The van der Waals surface area contributed by atoms with E-state index in [-0.39, 0.29) is 22.6 Å². The Morgan fingerprint density at radius 2 is 1.88 bits per heavy atom. The second kappa shape index (κ2) is 5.83. The molecule has 2 heterocycles. The third kappa shape index (κ3) is 2.79. The Bertz CT molecular complexity index is 922. The number of rotatable bonds is 2. The summed E-state index contributed by atoms with van der Waals surface area (Å²) < 4.78 is 41.2. The number of hydrogen-bond acceptors (Lipinski definition) is 4. The van der Waals surface area contributed by atoms with E-state index in [0.717, 1.165) is 10.6 Å². The number of aryl methyl sites for hydroxylation is 1. The summed E-state index contributed by atoms with van der Waals surface area (Å²) in [4.78, 5) is 4.15. The van der Waals surface area contributed by atoms with Crippen LogP contribution in [0.4, 0.5) is 13.2 Å². The molecule has 0 unspecified atom stereocenters. The molecule has 0 aliphatic heterocycles. The van der Waals surface area contributed by atoms with Crippen LogP contribution in [0.3, 0.4) is 0 Å². The summed E-state index contributed by atoms with van der Waals surface area (Å²) in [6.45, 7) is 1.55. The highest BCUT2D eigenvalue weighted by Crippen LogP contribution is 2.37. The molecule has 0 aliphatic carbocycles. The highest BCUT2D eigenvalue weighted by molar-refractivity contribution is 9.10. The van der Waals surface area contributed by atoms with Crippen molar-refractivity contribution in [3.8, 4) is 11.3 Å². The van der Waals surface area contributed by atoms with Gasteiger partial charge < -0.3 is 10.2 Å². The first-order valence-corrected chi connectivity index (χ1v) is 7.58. The Labute approximate surface area is 142 Å². The lowest BCUT2D eigenvalue weighted by Crippen LogP contribution is -2.09. The topological polar surface area (TPSA) is 70.7 Å². The molecule has 24 heavy (non-hydrogen) atoms. The zero-order valence-corrected chi connectivity index (χ0v) is 13.8. The molecule has 0 aliphatic rings.